The van der Waals surface area contributed by atoms with Crippen LogP contribution in [0, 0.1) is 5.82 Å². The molecule has 0 radical (unpaired) electrons. The first kappa shape index (κ1) is 17.9. The molecule has 1 fully saturated rings. The molecule has 2 aromatic rings. The summed E-state index contributed by atoms with van der Waals surface area (Å²) in [4.78, 5) is 18.6. The molecular weight excluding hydrogens is 339 g/mol. The molecule has 0 atom stereocenters. The molecule has 25 heavy (non-hydrogen) atoms. The second kappa shape index (κ2) is 7.12. The van der Waals surface area contributed by atoms with E-state index < -0.39 is 5.60 Å². The number of carbonyl (C=O) groups excluding carboxylic acids is 1. The Labute approximate surface area is 151 Å². The number of halogens is 1. The molecule has 6 heteroatoms. The van der Waals surface area contributed by atoms with E-state index in [1.807, 2.05) is 26.2 Å². The number of piperidine rings is 1. The van der Waals surface area contributed by atoms with E-state index in [4.69, 9.17) is 9.72 Å². The Kier molecular flexibility index (Phi) is 5.08. The number of rotatable bonds is 2. The van der Waals surface area contributed by atoms with Crippen molar-refractivity contribution >= 4 is 17.4 Å². The Morgan fingerprint density at radius 3 is 2.48 bits per heavy atom. The average molecular weight is 362 g/mol. The monoisotopic (exact) mass is 362 g/mol. The number of benzene rings is 1. The highest BCUT2D eigenvalue weighted by atomic mass is 32.1. The molecular formula is C19H23FN2O2S. The molecule has 1 aromatic carbocycles. The first-order chi connectivity index (χ1) is 11.8. The van der Waals surface area contributed by atoms with Gasteiger partial charge in [0.1, 0.15) is 11.4 Å². The maximum absolute atomic E-state index is 13.0. The predicted octanol–water partition coefficient (Wildman–Crippen LogP) is 5.06. The Morgan fingerprint density at radius 1 is 1.24 bits per heavy atom. The first-order valence-electron chi connectivity index (χ1n) is 8.51. The minimum Gasteiger partial charge on any atom is -0.444 e. The Morgan fingerprint density at radius 2 is 1.88 bits per heavy atom. The van der Waals surface area contributed by atoms with Gasteiger partial charge in [0.15, 0.2) is 0 Å². The molecule has 1 aliphatic heterocycles. The molecule has 1 amide bonds. The molecule has 134 valence electrons. The topological polar surface area (TPSA) is 42.4 Å². The number of hydrogen-bond acceptors (Lipinski definition) is 4. The Hall–Kier alpha value is -1.95. The maximum Gasteiger partial charge on any atom is 0.410 e. The van der Waals surface area contributed by atoms with Crippen LogP contribution in [0.1, 0.15) is 44.5 Å². The Bertz CT molecular complexity index is 729. The minimum absolute atomic E-state index is 0.239. The predicted molar refractivity (Wildman–Crippen MR) is 97.3 cm³/mol. The van der Waals surface area contributed by atoms with Crippen molar-refractivity contribution in [2.45, 2.75) is 45.1 Å². The molecule has 1 aromatic heterocycles. The molecule has 2 heterocycles. The average Bonchev–Trinajstić information content (AvgIpc) is 3.04. The van der Waals surface area contributed by atoms with Gasteiger partial charge in [-0.3, -0.25) is 0 Å². The van der Waals surface area contributed by atoms with Crippen molar-refractivity contribution in [2.75, 3.05) is 13.1 Å². The van der Waals surface area contributed by atoms with Crippen LogP contribution >= 0.6 is 11.3 Å². The van der Waals surface area contributed by atoms with Crippen LogP contribution in [0.3, 0.4) is 0 Å². The smallest absolute Gasteiger partial charge is 0.410 e. The van der Waals surface area contributed by atoms with E-state index in [2.05, 4.69) is 0 Å². The van der Waals surface area contributed by atoms with Gasteiger partial charge >= 0.3 is 6.09 Å². The van der Waals surface area contributed by atoms with Crippen molar-refractivity contribution in [3.8, 4) is 11.3 Å². The zero-order chi connectivity index (χ0) is 18.0. The molecule has 0 spiro atoms. The van der Waals surface area contributed by atoms with Gasteiger partial charge in [-0.05, 0) is 57.9 Å². The van der Waals surface area contributed by atoms with Crippen molar-refractivity contribution in [2.24, 2.45) is 0 Å². The third-order valence-corrected chi connectivity index (χ3v) is 5.17. The van der Waals surface area contributed by atoms with Gasteiger partial charge in [0.05, 0.1) is 10.7 Å². The van der Waals surface area contributed by atoms with E-state index >= 15 is 0 Å². The number of hydrogen-bond donors (Lipinski definition) is 0. The number of amides is 1. The molecule has 1 aliphatic rings. The summed E-state index contributed by atoms with van der Waals surface area (Å²) in [5.74, 6) is 0.117. The molecule has 3 rings (SSSR count). The minimum atomic E-state index is -0.465. The van der Waals surface area contributed by atoms with E-state index in [0.717, 1.165) is 29.1 Å². The summed E-state index contributed by atoms with van der Waals surface area (Å²) < 4.78 is 18.5. The lowest BCUT2D eigenvalue weighted by Gasteiger charge is -2.32. The van der Waals surface area contributed by atoms with Crippen LogP contribution < -0.4 is 0 Å². The SMILES string of the molecule is CC(C)(C)OC(=O)N1CCC(c2nc(-c3ccc(F)cc3)cs2)CC1. The summed E-state index contributed by atoms with van der Waals surface area (Å²) in [6, 6.07) is 6.40. The van der Waals surface area contributed by atoms with Crippen molar-refractivity contribution in [3.63, 3.8) is 0 Å². The number of likely N-dealkylation sites (tertiary alicyclic amines) is 1. The van der Waals surface area contributed by atoms with Gasteiger partial charge in [0, 0.05) is 30.0 Å². The van der Waals surface area contributed by atoms with E-state index in [0.29, 0.717) is 19.0 Å². The number of carbonyl (C=O) groups is 1. The van der Waals surface area contributed by atoms with Crippen molar-refractivity contribution < 1.29 is 13.9 Å². The van der Waals surface area contributed by atoms with Gasteiger partial charge in [0.25, 0.3) is 0 Å². The summed E-state index contributed by atoms with van der Waals surface area (Å²) >= 11 is 1.64. The van der Waals surface area contributed by atoms with Crippen LogP contribution in [-0.2, 0) is 4.74 Å². The molecule has 0 N–H and O–H groups in total. The standard InChI is InChI=1S/C19H23FN2O2S/c1-19(2,3)24-18(23)22-10-8-14(9-11-22)17-21-16(12-25-17)13-4-6-15(20)7-5-13/h4-7,12,14H,8-11H2,1-3H3. The van der Waals surface area contributed by atoms with Crippen LogP contribution in [-0.4, -0.2) is 34.7 Å². The first-order valence-corrected chi connectivity index (χ1v) is 9.39. The summed E-state index contributed by atoms with van der Waals surface area (Å²) in [7, 11) is 0. The van der Waals surface area contributed by atoms with E-state index in [1.54, 1.807) is 28.4 Å². The number of thiazole rings is 1. The number of ether oxygens (including phenoxy) is 1. The number of nitrogens with zero attached hydrogens (tertiary/aromatic N) is 2. The van der Waals surface area contributed by atoms with Gasteiger partial charge < -0.3 is 9.64 Å². The van der Waals surface area contributed by atoms with Crippen LogP contribution in [0.25, 0.3) is 11.3 Å². The van der Waals surface area contributed by atoms with Gasteiger partial charge in [-0.2, -0.15) is 0 Å². The van der Waals surface area contributed by atoms with Crippen LogP contribution in [0.2, 0.25) is 0 Å². The summed E-state index contributed by atoms with van der Waals surface area (Å²) in [5, 5.41) is 3.10. The quantitative estimate of drug-likeness (QED) is 0.749. The maximum atomic E-state index is 13.0. The van der Waals surface area contributed by atoms with Crippen LogP contribution in [0.15, 0.2) is 29.6 Å². The fraction of sp³-hybridized carbons (Fsp3) is 0.474. The van der Waals surface area contributed by atoms with Crippen molar-refractivity contribution in [3.05, 3.63) is 40.5 Å². The summed E-state index contributed by atoms with van der Waals surface area (Å²) in [6.07, 6.45) is 1.53. The highest BCUT2D eigenvalue weighted by Gasteiger charge is 2.28. The van der Waals surface area contributed by atoms with E-state index in [1.165, 1.54) is 12.1 Å². The van der Waals surface area contributed by atoms with Gasteiger partial charge in [-0.15, -0.1) is 11.3 Å². The highest BCUT2D eigenvalue weighted by molar-refractivity contribution is 7.10. The van der Waals surface area contributed by atoms with E-state index in [9.17, 15) is 9.18 Å². The molecule has 0 unspecified atom stereocenters. The van der Waals surface area contributed by atoms with Crippen molar-refractivity contribution in [1.29, 1.82) is 0 Å². The van der Waals surface area contributed by atoms with Crippen molar-refractivity contribution in [1.82, 2.24) is 9.88 Å². The lowest BCUT2D eigenvalue weighted by molar-refractivity contribution is 0.0205. The lowest BCUT2D eigenvalue weighted by atomic mass is 9.98. The van der Waals surface area contributed by atoms with Gasteiger partial charge in [0.2, 0.25) is 0 Å². The molecule has 4 nitrogen and oxygen atoms in total. The largest absolute Gasteiger partial charge is 0.444 e. The van der Waals surface area contributed by atoms with Crippen LogP contribution in [0.5, 0.6) is 0 Å². The zero-order valence-corrected chi connectivity index (χ0v) is 15.6. The fourth-order valence-electron chi connectivity index (χ4n) is 2.86. The summed E-state index contributed by atoms with van der Waals surface area (Å²) in [5.41, 5.74) is 1.34. The normalized spacial score (nSPS) is 16.1. The molecule has 0 aliphatic carbocycles. The summed E-state index contributed by atoms with van der Waals surface area (Å²) in [6.45, 7) is 7.01. The zero-order valence-electron chi connectivity index (χ0n) is 14.8. The van der Waals surface area contributed by atoms with Gasteiger partial charge in [-0.1, -0.05) is 0 Å². The molecule has 1 saturated heterocycles. The lowest BCUT2D eigenvalue weighted by Crippen LogP contribution is -2.41. The second-order valence-corrected chi connectivity index (χ2v) is 8.21. The highest BCUT2D eigenvalue weighted by Crippen LogP contribution is 2.33. The van der Waals surface area contributed by atoms with E-state index in [-0.39, 0.29) is 11.9 Å². The number of aromatic nitrogens is 1. The molecule has 0 bridgehead atoms. The third kappa shape index (κ3) is 4.57. The molecule has 0 saturated carbocycles. The van der Waals surface area contributed by atoms with Crippen LogP contribution in [0.4, 0.5) is 9.18 Å². The fourth-order valence-corrected chi connectivity index (χ4v) is 3.86. The van der Waals surface area contributed by atoms with Gasteiger partial charge in [-0.25, -0.2) is 14.2 Å². The second-order valence-electron chi connectivity index (χ2n) is 7.32. The third-order valence-electron chi connectivity index (χ3n) is 4.16. The Balaban J connectivity index is 1.60.